The van der Waals surface area contributed by atoms with Crippen LogP contribution in [0, 0.1) is 0 Å². The zero-order chi connectivity index (χ0) is 22.3. The van der Waals surface area contributed by atoms with Crippen molar-refractivity contribution in [2.75, 3.05) is 6.54 Å². The smallest absolute Gasteiger partial charge is 0.243 e. The van der Waals surface area contributed by atoms with Crippen LogP contribution in [-0.2, 0) is 20.8 Å². The number of carbonyl (C=O) groups excluding carboxylic acids is 3. The summed E-state index contributed by atoms with van der Waals surface area (Å²) in [5.74, 6) is -0.566. The van der Waals surface area contributed by atoms with Gasteiger partial charge in [-0.05, 0) is 44.1 Å². The first-order valence-corrected chi connectivity index (χ1v) is 11.6. The van der Waals surface area contributed by atoms with Crippen molar-refractivity contribution in [3.8, 4) is 0 Å². The monoisotopic (exact) mass is 427 g/mol. The lowest BCUT2D eigenvalue weighted by molar-refractivity contribution is -0.132. The average molecular weight is 428 g/mol. The predicted molar refractivity (Wildman–Crippen MR) is 123 cm³/mol. The molecule has 2 atom stereocenters. The highest BCUT2D eigenvalue weighted by atomic mass is 16.2. The SMILES string of the molecule is C=CCCCCCCCC(=O)N[C@H](Cc1ccccc1)C(=O)N[C@@H]1CCCCNC1=O. The van der Waals surface area contributed by atoms with Gasteiger partial charge in [-0.1, -0.05) is 55.7 Å². The maximum absolute atomic E-state index is 13.0. The Morgan fingerprint density at radius 2 is 1.84 bits per heavy atom. The molecule has 0 bridgehead atoms. The first kappa shape index (κ1) is 24.6. The number of nitrogens with one attached hydrogen (secondary N) is 3. The third-order valence-electron chi connectivity index (χ3n) is 5.60. The molecule has 0 aliphatic carbocycles. The van der Waals surface area contributed by atoms with E-state index in [2.05, 4.69) is 22.5 Å². The van der Waals surface area contributed by atoms with E-state index in [0.717, 1.165) is 56.9 Å². The molecule has 0 aromatic heterocycles. The van der Waals surface area contributed by atoms with Crippen molar-refractivity contribution < 1.29 is 14.4 Å². The number of carbonyl (C=O) groups is 3. The second-order valence-corrected chi connectivity index (χ2v) is 8.25. The number of allylic oxidation sites excluding steroid dienone is 1. The van der Waals surface area contributed by atoms with Gasteiger partial charge in [0.05, 0.1) is 0 Å². The van der Waals surface area contributed by atoms with Crippen LogP contribution >= 0.6 is 0 Å². The van der Waals surface area contributed by atoms with E-state index in [1.165, 1.54) is 0 Å². The summed E-state index contributed by atoms with van der Waals surface area (Å²) in [5, 5.41) is 8.59. The van der Waals surface area contributed by atoms with Gasteiger partial charge < -0.3 is 16.0 Å². The Bertz CT molecular complexity index is 705. The summed E-state index contributed by atoms with van der Waals surface area (Å²) in [5.41, 5.74) is 0.968. The Balaban J connectivity index is 1.88. The molecule has 2 rings (SSSR count). The van der Waals surface area contributed by atoms with Crippen LogP contribution in [0.5, 0.6) is 0 Å². The van der Waals surface area contributed by atoms with Gasteiger partial charge >= 0.3 is 0 Å². The lowest BCUT2D eigenvalue weighted by Gasteiger charge is -2.22. The fraction of sp³-hybridized carbons (Fsp3) is 0.560. The van der Waals surface area contributed by atoms with Gasteiger partial charge in [0, 0.05) is 19.4 Å². The van der Waals surface area contributed by atoms with Gasteiger partial charge in [-0.25, -0.2) is 0 Å². The van der Waals surface area contributed by atoms with Gasteiger partial charge in [0.1, 0.15) is 12.1 Å². The highest BCUT2D eigenvalue weighted by Crippen LogP contribution is 2.10. The van der Waals surface area contributed by atoms with Crippen molar-refractivity contribution in [1.82, 2.24) is 16.0 Å². The van der Waals surface area contributed by atoms with Crippen molar-refractivity contribution >= 4 is 17.7 Å². The van der Waals surface area contributed by atoms with Crippen molar-refractivity contribution in [3.63, 3.8) is 0 Å². The van der Waals surface area contributed by atoms with Gasteiger partial charge in [-0.2, -0.15) is 0 Å². The van der Waals surface area contributed by atoms with Crippen LogP contribution in [0.15, 0.2) is 43.0 Å². The molecule has 170 valence electrons. The summed E-state index contributed by atoms with van der Waals surface area (Å²) < 4.78 is 0. The lowest BCUT2D eigenvalue weighted by atomic mass is 10.0. The zero-order valence-corrected chi connectivity index (χ0v) is 18.5. The minimum Gasteiger partial charge on any atom is -0.354 e. The topological polar surface area (TPSA) is 87.3 Å². The molecule has 0 spiro atoms. The van der Waals surface area contributed by atoms with Crippen LogP contribution in [0.1, 0.15) is 69.8 Å². The summed E-state index contributed by atoms with van der Waals surface area (Å²) in [6, 6.07) is 8.39. The number of hydrogen-bond donors (Lipinski definition) is 3. The molecule has 0 saturated carbocycles. The summed E-state index contributed by atoms with van der Waals surface area (Å²) in [4.78, 5) is 37.7. The maximum Gasteiger partial charge on any atom is 0.243 e. The van der Waals surface area contributed by atoms with Crippen LogP contribution in [0.4, 0.5) is 0 Å². The second kappa shape index (κ2) is 14.4. The van der Waals surface area contributed by atoms with Crippen LogP contribution < -0.4 is 16.0 Å². The molecular formula is C25H37N3O3. The molecule has 6 heteroatoms. The number of hydrogen-bond acceptors (Lipinski definition) is 3. The average Bonchev–Trinajstić information content (AvgIpc) is 2.97. The molecule has 3 N–H and O–H groups in total. The van der Waals surface area contributed by atoms with Crippen LogP contribution in [-0.4, -0.2) is 36.3 Å². The molecule has 0 radical (unpaired) electrons. The molecule has 1 heterocycles. The zero-order valence-electron chi connectivity index (χ0n) is 18.5. The van der Waals surface area contributed by atoms with Crippen molar-refractivity contribution in [2.24, 2.45) is 0 Å². The van der Waals surface area contributed by atoms with Gasteiger partial charge in [0.15, 0.2) is 0 Å². The highest BCUT2D eigenvalue weighted by molar-refractivity contribution is 5.92. The molecular weight excluding hydrogens is 390 g/mol. The Morgan fingerprint density at radius 3 is 2.61 bits per heavy atom. The standard InChI is InChI=1S/C25H37N3O3/c1-2-3-4-5-6-7-11-17-23(29)27-22(19-20-14-9-8-10-15-20)25(31)28-21-16-12-13-18-26-24(21)30/h2,8-10,14-15,21-22H,1,3-7,11-13,16-19H2,(H,26,30)(H,27,29)(H,28,31)/t21-,22-/m1/s1. The van der Waals surface area contributed by atoms with E-state index in [1.54, 1.807) is 0 Å². The van der Waals surface area contributed by atoms with Crippen molar-refractivity contribution in [1.29, 1.82) is 0 Å². The molecule has 1 aromatic rings. The Morgan fingerprint density at radius 1 is 1.10 bits per heavy atom. The highest BCUT2D eigenvalue weighted by Gasteiger charge is 2.27. The maximum atomic E-state index is 13.0. The molecule has 1 aliphatic heterocycles. The fourth-order valence-electron chi connectivity index (χ4n) is 3.78. The van der Waals surface area contributed by atoms with Crippen LogP contribution in [0.25, 0.3) is 0 Å². The largest absolute Gasteiger partial charge is 0.354 e. The minimum atomic E-state index is -0.696. The fourth-order valence-corrected chi connectivity index (χ4v) is 3.78. The third-order valence-corrected chi connectivity index (χ3v) is 5.60. The van der Waals surface area contributed by atoms with Gasteiger partial charge in [-0.3, -0.25) is 14.4 Å². The summed E-state index contributed by atoms with van der Waals surface area (Å²) in [6.45, 7) is 4.37. The van der Waals surface area contributed by atoms with Crippen LogP contribution in [0.2, 0.25) is 0 Å². The molecule has 1 saturated heterocycles. The normalized spacial score (nSPS) is 17.2. The van der Waals surface area contributed by atoms with Crippen molar-refractivity contribution in [2.45, 2.75) is 82.7 Å². The molecule has 0 unspecified atom stereocenters. The van der Waals surface area contributed by atoms with E-state index in [4.69, 9.17) is 0 Å². The summed E-state index contributed by atoms with van der Waals surface area (Å²) in [7, 11) is 0. The van der Waals surface area contributed by atoms with Crippen LogP contribution in [0.3, 0.4) is 0 Å². The second-order valence-electron chi connectivity index (χ2n) is 8.25. The molecule has 31 heavy (non-hydrogen) atoms. The summed E-state index contributed by atoms with van der Waals surface area (Å²) >= 11 is 0. The van der Waals surface area contributed by atoms with Crippen molar-refractivity contribution in [3.05, 3.63) is 48.6 Å². The minimum absolute atomic E-state index is 0.118. The lowest BCUT2D eigenvalue weighted by Crippen LogP contribution is -2.53. The van der Waals surface area contributed by atoms with Gasteiger partial charge in [0.25, 0.3) is 0 Å². The number of unbranched alkanes of at least 4 members (excludes halogenated alkanes) is 5. The van der Waals surface area contributed by atoms with Gasteiger partial charge in [-0.15, -0.1) is 6.58 Å². The third kappa shape index (κ3) is 9.81. The van der Waals surface area contributed by atoms with E-state index in [1.807, 2.05) is 36.4 Å². The predicted octanol–water partition coefficient (Wildman–Crippen LogP) is 3.42. The molecule has 3 amide bonds. The first-order chi connectivity index (χ1) is 15.1. The number of benzene rings is 1. The Labute approximate surface area is 186 Å². The Hall–Kier alpha value is -2.63. The first-order valence-electron chi connectivity index (χ1n) is 11.6. The molecule has 1 fully saturated rings. The Kier molecular flexibility index (Phi) is 11.4. The molecule has 1 aromatic carbocycles. The summed E-state index contributed by atoms with van der Waals surface area (Å²) in [6.07, 6.45) is 11.4. The van der Waals surface area contributed by atoms with E-state index >= 15 is 0 Å². The number of rotatable bonds is 13. The molecule has 6 nitrogen and oxygen atoms in total. The molecule has 1 aliphatic rings. The van der Waals surface area contributed by atoms with E-state index in [-0.39, 0.29) is 17.7 Å². The van der Waals surface area contributed by atoms with Gasteiger partial charge in [0.2, 0.25) is 17.7 Å². The van der Waals surface area contributed by atoms with E-state index < -0.39 is 12.1 Å². The van der Waals surface area contributed by atoms with E-state index in [9.17, 15) is 14.4 Å². The van der Waals surface area contributed by atoms with E-state index in [0.29, 0.717) is 25.8 Å². The quantitative estimate of drug-likeness (QED) is 0.333. The number of amides is 3.